The van der Waals surface area contributed by atoms with Crippen LogP contribution in [0.3, 0.4) is 0 Å². The van der Waals surface area contributed by atoms with Gasteiger partial charge in [-0.05, 0) is 81.2 Å². The molecular formula is C26H33F4N3O5S. The molecule has 0 atom stereocenters. The highest BCUT2D eigenvalue weighted by atomic mass is 32.2. The predicted molar refractivity (Wildman–Crippen MR) is 137 cm³/mol. The van der Waals surface area contributed by atoms with Gasteiger partial charge in [-0.25, -0.2) is 22.3 Å². The Morgan fingerprint density at radius 2 is 1.72 bits per heavy atom. The van der Waals surface area contributed by atoms with Crippen molar-refractivity contribution in [1.82, 2.24) is 14.9 Å². The molecule has 1 aliphatic heterocycles. The Morgan fingerprint density at radius 1 is 1.08 bits per heavy atom. The van der Waals surface area contributed by atoms with Gasteiger partial charge < -0.3 is 20.1 Å². The maximum atomic E-state index is 14.9. The smallest absolute Gasteiger partial charge is 0.490 e. The molecule has 1 saturated carbocycles. The van der Waals surface area contributed by atoms with Crippen LogP contribution in [0.2, 0.25) is 0 Å². The van der Waals surface area contributed by atoms with Crippen molar-refractivity contribution < 1.29 is 40.6 Å². The number of alkyl halides is 3. The number of nitrogens with zero attached hydrogens (tertiary/aromatic N) is 1. The number of halogens is 4. The van der Waals surface area contributed by atoms with Gasteiger partial charge in [0.25, 0.3) is 0 Å². The summed E-state index contributed by atoms with van der Waals surface area (Å²) in [5.41, 5.74) is 2.40. The first-order valence-electron chi connectivity index (χ1n) is 12.5. The number of ether oxygens (including phenoxy) is 1. The van der Waals surface area contributed by atoms with Crippen molar-refractivity contribution in [3.05, 3.63) is 47.8 Å². The standard InChI is InChI=1S/C24H32FN3O3S.C2HF3O2/c1-28-12-10-19(11-13-28)26-16-17-6-8-23(31-2)21(14-17)18-7-9-24(22(25)15-18)32(29,30)27-20-4-3-5-20;3-2(4,5)1(6)7/h6-9,14-15,19-20,26-27H,3-5,10-13,16H2,1-2H3;(H,6,7). The SMILES string of the molecule is COc1ccc(CNC2CCN(C)CC2)cc1-c1ccc(S(=O)(=O)NC2CCC2)c(F)c1.O=C(O)C(F)(F)F. The number of hydrogen-bond donors (Lipinski definition) is 3. The molecule has 8 nitrogen and oxygen atoms in total. The van der Waals surface area contributed by atoms with Crippen molar-refractivity contribution in [2.75, 3.05) is 27.2 Å². The Labute approximate surface area is 225 Å². The Balaban J connectivity index is 0.000000532. The van der Waals surface area contributed by atoms with E-state index in [1.54, 1.807) is 13.2 Å². The molecule has 0 bridgehead atoms. The van der Waals surface area contributed by atoms with Crippen LogP contribution >= 0.6 is 0 Å². The third kappa shape index (κ3) is 8.62. The van der Waals surface area contributed by atoms with Gasteiger partial charge in [0.2, 0.25) is 10.0 Å². The largest absolute Gasteiger partial charge is 0.496 e. The van der Waals surface area contributed by atoms with E-state index in [1.807, 2.05) is 18.2 Å². The second-order valence-electron chi connectivity index (χ2n) is 9.69. The van der Waals surface area contributed by atoms with Gasteiger partial charge in [-0.15, -0.1) is 0 Å². The number of nitrogens with one attached hydrogen (secondary N) is 2. The lowest BCUT2D eigenvalue weighted by atomic mass is 9.94. The van der Waals surface area contributed by atoms with Gasteiger partial charge >= 0.3 is 12.1 Å². The van der Waals surface area contributed by atoms with Crippen LogP contribution in [-0.4, -0.2) is 69.9 Å². The second-order valence-corrected chi connectivity index (χ2v) is 11.4. The summed E-state index contributed by atoms with van der Waals surface area (Å²) in [6.45, 7) is 2.90. The Hall–Kier alpha value is -2.74. The number of likely N-dealkylation sites (tertiary alicyclic amines) is 1. The molecule has 1 aliphatic carbocycles. The van der Waals surface area contributed by atoms with E-state index >= 15 is 0 Å². The third-order valence-electron chi connectivity index (χ3n) is 6.78. The number of sulfonamides is 1. The number of carboxylic acids is 1. The molecule has 4 rings (SSSR count). The predicted octanol–water partition coefficient (Wildman–Crippen LogP) is 4.15. The fourth-order valence-corrected chi connectivity index (χ4v) is 5.63. The van der Waals surface area contributed by atoms with E-state index in [2.05, 4.69) is 22.0 Å². The number of hydrogen-bond acceptors (Lipinski definition) is 6. The topological polar surface area (TPSA) is 108 Å². The summed E-state index contributed by atoms with van der Waals surface area (Å²) >= 11 is 0. The first kappa shape index (κ1) is 30.8. The van der Waals surface area contributed by atoms with Crippen molar-refractivity contribution in [3.63, 3.8) is 0 Å². The highest BCUT2D eigenvalue weighted by Gasteiger charge is 2.38. The molecule has 2 fully saturated rings. The van der Waals surface area contributed by atoms with Crippen molar-refractivity contribution >= 4 is 16.0 Å². The highest BCUT2D eigenvalue weighted by molar-refractivity contribution is 7.89. The van der Waals surface area contributed by atoms with Crippen LogP contribution in [-0.2, 0) is 21.4 Å². The van der Waals surface area contributed by atoms with Crippen LogP contribution in [0.15, 0.2) is 41.3 Å². The van der Waals surface area contributed by atoms with Crippen molar-refractivity contribution in [3.8, 4) is 16.9 Å². The molecule has 1 heterocycles. The van der Waals surface area contributed by atoms with Crippen LogP contribution in [0.5, 0.6) is 5.75 Å². The zero-order valence-electron chi connectivity index (χ0n) is 21.7. The quantitative estimate of drug-likeness (QED) is 0.406. The van der Waals surface area contributed by atoms with Gasteiger partial charge in [-0.2, -0.15) is 13.2 Å². The molecule has 0 amide bonds. The van der Waals surface area contributed by atoms with Crippen LogP contribution in [0.25, 0.3) is 11.1 Å². The normalized spacial score (nSPS) is 17.2. The summed E-state index contributed by atoms with van der Waals surface area (Å²) in [5, 5.41) is 10.7. The fourth-order valence-electron chi connectivity index (χ4n) is 4.26. The van der Waals surface area contributed by atoms with Crippen LogP contribution in [0.4, 0.5) is 17.6 Å². The Bertz CT molecular complexity index is 1240. The van der Waals surface area contributed by atoms with Crippen molar-refractivity contribution in [2.24, 2.45) is 0 Å². The number of piperidine rings is 1. The van der Waals surface area contributed by atoms with Crippen LogP contribution < -0.4 is 14.8 Å². The van der Waals surface area contributed by atoms with E-state index in [0.29, 0.717) is 23.9 Å². The van der Waals surface area contributed by atoms with E-state index in [0.717, 1.165) is 56.3 Å². The minimum Gasteiger partial charge on any atom is -0.496 e. The lowest BCUT2D eigenvalue weighted by Gasteiger charge is -2.29. The first-order chi connectivity index (χ1) is 18.3. The lowest BCUT2D eigenvalue weighted by molar-refractivity contribution is -0.192. The second kappa shape index (κ2) is 13.1. The maximum Gasteiger partial charge on any atom is 0.490 e. The summed E-state index contributed by atoms with van der Waals surface area (Å²) in [6.07, 6.45) is -0.245. The lowest BCUT2D eigenvalue weighted by Crippen LogP contribution is -2.40. The molecule has 0 spiro atoms. The summed E-state index contributed by atoms with van der Waals surface area (Å²) < 4.78 is 79.8. The van der Waals surface area contributed by atoms with Gasteiger partial charge in [-0.1, -0.05) is 18.6 Å². The van der Waals surface area contributed by atoms with E-state index in [-0.39, 0.29) is 10.9 Å². The maximum absolute atomic E-state index is 14.9. The number of aliphatic carboxylic acids is 1. The number of carboxylic acid groups (broad SMARTS) is 1. The molecule has 39 heavy (non-hydrogen) atoms. The molecule has 1 saturated heterocycles. The number of carbonyl (C=O) groups is 1. The first-order valence-corrected chi connectivity index (χ1v) is 14.0. The van der Waals surface area contributed by atoms with Gasteiger partial charge in [0.15, 0.2) is 0 Å². The third-order valence-corrected chi connectivity index (χ3v) is 8.33. The molecule has 3 N–H and O–H groups in total. The van der Waals surface area contributed by atoms with Gasteiger partial charge in [0.05, 0.1) is 7.11 Å². The average molecular weight is 576 g/mol. The van der Waals surface area contributed by atoms with Crippen molar-refractivity contribution in [1.29, 1.82) is 0 Å². The van der Waals surface area contributed by atoms with Crippen LogP contribution in [0, 0.1) is 5.82 Å². The summed E-state index contributed by atoms with van der Waals surface area (Å²) in [7, 11) is -0.148. The minimum absolute atomic E-state index is 0.0899. The zero-order valence-corrected chi connectivity index (χ0v) is 22.5. The average Bonchev–Trinajstić information content (AvgIpc) is 2.85. The molecule has 0 radical (unpaired) electrons. The summed E-state index contributed by atoms with van der Waals surface area (Å²) in [4.78, 5) is 10.9. The zero-order chi connectivity index (χ0) is 28.8. The van der Waals surface area contributed by atoms with Gasteiger partial charge in [-0.3, -0.25) is 0 Å². The van der Waals surface area contributed by atoms with Gasteiger partial charge in [0.1, 0.15) is 16.5 Å². The minimum atomic E-state index is -5.08. The molecule has 2 aromatic carbocycles. The highest BCUT2D eigenvalue weighted by Crippen LogP contribution is 2.33. The van der Waals surface area contributed by atoms with E-state index in [9.17, 15) is 26.0 Å². The van der Waals surface area contributed by atoms with Crippen molar-refractivity contribution in [2.45, 2.75) is 61.8 Å². The van der Waals surface area contributed by atoms with E-state index in [1.165, 1.54) is 12.1 Å². The molecule has 13 heteroatoms. The molecule has 2 aliphatic rings. The molecule has 2 aromatic rings. The summed E-state index contributed by atoms with van der Waals surface area (Å²) in [5.74, 6) is -2.89. The number of benzene rings is 2. The monoisotopic (exact) mass is 575 g/mol. The van der Waals surface area contributed by atoms with Gasteiger partial charge in [0, 0.05) is 24.2 Å². The van der Waals surface area contributed by atoms with Crippen LogP contribution in [0.1, 0.15) is 37.7 Å². The summed E-state index contributed by atoms with van der Waals surface area (Å²) in [6, 6.07) is 10.5. The molecule has 0 aromatic heterocycles. The Kier molecular flexibility index (Phi) is 10.3. The van der Waals surface area contributed by atoms with E-state index in [4.69, 9.17) is 14.6 Å². The molecular weight excluding hydrogens is 542 g/mol. The molecule has 0 unspecified atom stereocenters. The fraction of sp³-hybridized carbons (Fsp3) is 0.500. The molecule has 216 valence electrons. The van der Waals surface area contributed by atoms with E-state index < -0.39 is 28.0 Å². The number of rotatable bonds is 8. The Morgan fingerprint density at radius 3 is 2.23 bits per heavy atom. The number of methoxy groups -OCH3 is 1.